The molecule has 1 aromatic heterocycles. The molecule has 0 saturated heterocycles. The van der Waals surface area contributed by atoms with Crippen LogP contribution in [0.15, 0.2) is 41.6 Å². The first-order chi connectivity index (χ1) is 9.38. The number of aromatic nitrogens is 1. The normalized spacial score (nSPS) is 11.3. The van der Waals surface area contributed by atoms with Crippen LogP contribution in [0.25, 0.3) is 0 Å². The molecule has 0 fully saturated rings. The van der Waals surface area contributed by atoms with E-state index in [0.29, 0.717) is 6.54 Å². The third-order valence-corrected chi connectivity index (χ3v) is 4.09. The molecule has 5 nitrogen and oxygen atoms in total. The van der Waals surface area contributed by atoms with Crippen molar-refractivity contribution in [3.8, 4) is 0 Å². The van der Waals surface area contributed by atoms with Crippen molar-refractivity contribution in [2.75, 3.05) is 5.32 Å². The van der Waals surface area contributed by atoms with Gasteiger partial charge in [0.1, 0.15) is 0 Å². The van der Waals surface area contributed by atoms with Crippen molar-refractivity contribution in [3.63, 3.8) is 0 Å². The maximum absolute atomic E-state index is 11.5. The summed E-state index contributed by atoms with van der Waals surface area (Å²) in [4.78, 5) is 4.08. The molecule has 0 spiro atoms. The van der Waals surface area contributed by atoms with Crippen molar-refractivity contribution in [2.45, 2.75) is 25.3 Å². The van der Waals surface area contributed by atoms with Crippen molar-refractivity contribution in [1.82, 2.24) is 4.98 Å². The summed E-state index contributed by atoms with van der Waals surface area (Å²) in [7, 11) is -3.70. The van der Waals surface area contributed by atoms with Crippen molar-refractivity contribution in [2.24, 2.45) is 5.14 Å². The lowest BCUT2D eigenvalue weighted by Gasteiger charge is -2.13. The maximum Gasteiger partial charge on any atom is 0.238 e. The van der Waals surface area contributed by atoms with Gasteiger partial charge < -0.3 is 5.32 Å². The molecule has 20 heavy (non-hydrogen) atoms. The third-order valence-electron chi connectivity index (χ3n) is 3.20. The summed E-state index contributed by atoms with van der Waals surface area (Å²) in [6.45, 7) is 4.40. The van der Waals surface area contributed by atoms with E-state index in [4.69, 9.17) is 5.14 Å². The van der Waals surface area contributed by atoms with E-state index in [2.05, 4.69) is 10.3 Å². The van der Waals surface area contributed by atoms with Gasteiger partial charge in [0.25, 0.3) is 0 Å². The molecule has 6 heteroatoms. The lowest BCUT2D eigenvalue weighted by atomic mass is 10.1. The van der Waals surface area contributed by atoms with Gasteiger partial charge in [0, 0.05) is 24.6 Å². The second-order valence-electron chi connectivity index (χ2n) is 4.67. The van der Waals surface area contributed by atoms with Crippen molar-refractivity contribution in [1.29, 1.82) is 0 Å². The van der Waals surface area contributed by atoms with Crippen LogP contribution >= 0.6 is 0 Å². The number of nitrogens with zero attached hydrogens (tertiary/aromatic N) is 1. The summed E-state index contributed by atoms with van der Waals surface area (Å²) in [5, 5.41) is 8.42. The second kappa shape index (κ2) is 5.60. The van der Waals surface area contributed by atoms with E-state index < -0.39 is 10.0 Å². The van der Waals surface area contributed by atoms with Crippen LogP contribution in [0.2, 0.25) is 0 Å². The van der Waals surface area contributed by atoms with Gasteiger partial charge in [-0.2, -0.15) is 0 Å². The lowest BCUT2D eigenvalue weighted by molar-refractivity contribution is 0.597. The van der Waals surface area contributed by atoms with Crippen LogP contribution in [0, 0.1) is 13.8 Å². The molecule has 2 rings (SSSR count). The lowest BCUT2D eigenvalue weighted by Crippen LogP contribution is -2.13. The quantitative estimate of drug-likeness (QED) is 0.901. The van der Waals surface area contributed by atoms with Gasteiger partial charge in [-0.1, -0.05) is 0 Å². The Balaban J connectivity index is 2.29. The molecule has 0 bridgehead atoms. The number of sulfonamides is 1. The van der Waals surface area contributed by atoms with Gasteiger partial charge in [-0.15, -0.1) is 0 Å². The standard InChI is InChI=1S/C14H17N3O2S/c1-10-7-13(20(15,18)19)8-14(11(10)2)17-9-12-3-5-16-6-4-12/h3-8,17H,9H2,1-2H3,(H2,15,18,19). The number of primary sulfonamides is 1. The average molecular weight is 291 g/mol. The highest BCUT2D eigenvalue weighted by molar-refractivity contribution is 7.89. The van der Waals surface area contributed by atoms with Gasteiger partial charge in [0.05, 0.1) is 4.90 Å². The highest BCUT2D eigenvalue weighted by Crippen LogP contribution is 2.24. The van der Waals surface area contributed by atoms with E-state index >= 15 is 0 Å². The Labute approximate surface area is 118 Å². The minimum atomic E-state index is -3.70. The van der Waals surface area contributed by atoms with Crippen LogP contribution in [0.4, 0.5) is 5.69 Å². The fraction of sp³-hybridized carbons (Fsp3) is 0.214. The molecule has 0 unspecified atom stereocenters. The Bertz CT molecular complexity index is 713. The van der Waals surface area contributed by atoms with Gasteiger partial charge in [-0.3, -0.25) is 4.98 Å². The number of anilines is 1. The van der Waals surface area contributed by atoms with Crippen LogP contribution in [0.3, 0.4) is 0 Å². The van der Waals surface area contributed by atoms with E-state index in [1.54, 1.807) is 24.5 Å². The summed E-state index contributed by atoms with van der Waals surface area (Å²) in [6.07, 6.45) is 3.44. The predicted octanol–water partition coefficient (Wildman–Crippen LogP) is 1.96. The van der Waals surface area contributed by atoms with Crippen LogP contribution in [0.1, 0.15) is 16.7 Å². The Morgan fingerprint density at radius 1 is 1.20 bits per heavy atom. The van der Waals surface area contributed by atoms with Crippen molar-refractivity contribution in [3.05, 3.63) is 53.3 Å². The first-order valence-corrected chi connectivity index (χ1v) is 7.69. The van der Waals surface area contributed by atoms with Gasteiger partial charge in [0.2, 0.25) is 10.0 Å². The van der Waals surface area contributed by atoms with Crippen LogP contribution in [-0.2, 0) is 16.6 Å². The molecule has 0 aliphatic carbocycles. The Morgan fingerprint density at radius 3 is 2.45 bits per heavy atom. The number of nitrogens with two attached hydrogens (primary N) is 1. The summed E-state index contributed by atoms with van der Waals surface area (Å²) in [5.41, 5.74) is 3.73. The molecular formula is C14H17N3O2S. The number of aryl methyl sites for hydroxylation is 1. The summed E-state index contributed by atoms with van der Waals surface area (Å²) >= 11 is 0. The molecule has 0 atom stereocenters. The summed E-state index contributed by atoms with van der Waals surface area (Å²) < 4.78 is 22.9. The minimum absolute atomic E-state index is 0.123. The molecule has 2 aromatic rings. The fourth-order valence-corrected chi connectivity index (χ4v) is 2.50. The van der Waals surface area contributed by atoms with E-state index in [0.717, 1.165) is 22.4 Å². The van der Waals surface area contributed by atoms with Gasteiger partial charge in [-0.25, -0.2) is 13.6 Å². The molecule has 0 amide bonds. The zero-order valence-electron chi connectivity index (χ0n) is 11.4. The van der Waals surface area contributed by atoms with E-state index in [1.165, 1.54) is 0 Å². The monoisotopic (exact) mass is 291 g/mol. The maximum atomic E-state index is 11.5. The van der Waals surface area contributed by atoms with Crippen molar-refractivity contribution >= 4 is 15.7 Å². The Kier molecular flexibility index (Phi) is 4.06. The van der Waals surface area contributed by atoms with Crippen molar-refractivity contribution < 1.29 is 8.42 Å². The Hall–Kier alpha value is -1.92. The highest BCUT2D eigenvalue weighted by atomic mass is 32.2. The molecule has 1 aromatic carbocycles. The van der Waals surface area contributed by atoms with Gasteiger partial charge in [0.15, 0.2) is 0 Å². The minimum Gasteiger partial charge on any atom is -0.381 e. The van der Waals surface area contributed by atoms with Crippen LogP contribution < -0.4 is 10.5 Å². The number of hydrogen-bond acceptors (Lipinski definition) is 4. The van der Waals surface area contributed by atoms with Crippen LogP contribution in [0.5, 0.6) is 0 Å². The number of pyridine rings is 1. The highest BCUT2D eigenvalue weighted by Gasteiger charge is 2.12. The number of hydrogen-bond donors (Lipinski definition) is 2. The summed E-state index contributed by atoms with van der Waals surface area (Å²) in [5.74, 6) is 0. The second-order valence-corrected chi connectivity index (χ2v) is 6.23. The average Bonchev–Trinajstić information content (AvgIpc) is 2.40. The predicted molar refractivity (Wildman–Crippen MR) is 78.9 cm³/mol. The van der Waals surface area contributed by atoms with Gasteiger partial charge >= 0.3 is 0 Å². The Morgan fingerprint density at radius 2 is 1.85 bits per heavy atom. The van der Waals surface area contributed by atoms with Crippen LogP contribution in [-0.4, -0.2) is 13.4 Å². The first-order valence-electron chi connectivity index (χ1n) is 6.15. The molecule has 0 aliphatic rings. The molecule has 0 saturated carbocycles. The largest absolute Gasteiger partial charge is 0.381 e. The van der Waals surface area contributed by atoms with E-state index in [9.17, 15) is 8.42 Å². The molecule has 0 radical (unpaired) electrons. The number of benzene rings is 1. The third kappa shape index (κ3) is 3.34. The molecule has 106 valence electrons. The first kappa shape index (κ1) is 14.5. The smallest absolute Gasteiger partial charge is 0.238 e. The zero-order valence-corrected chi connectivity index (χ0v) is 12.2. The van der Waals surface area contributed by atoms with Gasteiger partial charge in [-0.05, 0) is 54.8 Å². The molecule has 3 N–H and O–H groups in total. The topological polar surface area (TPSA) is 85.1 Å². The zero-order chi connectivity index (χ0) is 14.8. The molecule has 0 aliphatic heterocycles. The fourth-order valence-electron chi connectivity index (χ4n) is 1.87. The SMILES string of the molecule is Cc1cc(S(N)(=O)=O)cc(NCc2ccncc2)c1C. The number of rotatable bonds is 4. The molecule has 1 heterocycles. The van der Waals surface area contributed by atoms with E-state index in [-0.39, 0.29) is 4.90 Å². The molecular weight excluding hydrogens is 274 g/mol. The summed E-state index contributed by atoms with van der Waals surface area (Å²) in [6, 6.07) is 6.96. The van der Waals surface area contributed by atoms with E-state index in [1.807, 2.05) is 26.0 Å². The number of nitrogens with one attached hydrogen (secondary N) is 1.